The van der Waals surface area contributed by atoms with Crippen molar-refractivity contribution in [2.45, 2.75) is 6.92 Å². The van der Waals surface area contributed by atoms with Crippen molar-refractivity contribution in [1.82, 2.24) is 19.6 Å². The first-order valence-electron chi connectivity index (χ1n) is 7.65. The number of anilines is 3. The Bertz CT molecular complexity index is 1010. The fourth-order valence-electron chi connectivity index (χ4n) is 2.63. The molecule has 0 atom stereocenters. The maximum Gasteiger partial charge on any atom is 0.227 e. The lowest BCUT2D eigenvalue weighted by molar-refractivity contribution is 0.340. The van der Waals surface area contributed by atoms with Crippen molar-refractivity contribution in [3.05, 3.63) is 48.5 Å². The Balaban J connectivity index is 1.80. The highest BCUT2D eigenvalue weighted by Gasteiger charge is 2.13. The van der Waals surface area contributed by atoms with Crippen LogP contribution in [0.1, 0.15) is 6.92 Å². The molecule has 3 N–H and O–H groups in total. The van der Waals surface area contributed by atoms with Gasteiger partial charge in [-0.15, -0.1) is 10.2 Å². The van der Waals surface area contributed by atoms with Gasteiger partial charge in [-0.3, -0.25) is 4.40 Å². The van der Waals surface area contributed by atoms with Crippen molar-refractivity contribution < 1.29 is 4.74 Å². The summed E-state index contributed by atoms with van der Waals surface area (Å²) >= 11 is 0. The molecule has 120 valence electrons. The molecule has 24 heavy (non-hydrogen) atoms. The predicted molar refractivity (Wildman–Crippen MR) is 93.6 cm³/mol. The SMILES string of the molecule is CCOc1ccc(Nc2nc3ccccc3n3c(N)nnc23)cc1. The van der Waals surface area contributed by atoms with Crippen LogP contribution in [0.4, 0.5) is 17.5 Å². The van der Waals surface area contributed by atoms with E-state index in [2.05, 4.69) is 20.5 Å². The van der Waals surface area contributed by atoms with E-state index in [-0.39, 0.29) is 0 Å². The monoisotopic (exact) mass is 320 g/mol. The zero-order valence-corrected chi connectivity index (χ0v) is 13.1. The molecule has 0 aliphatic rings. The first-order valence-corrected chi connectivity index (χ1v) is 7.65. The van der Waals surface area contributed by atoms with Gasteiger partial charge in [0.05, 0.1) is 17.6 Å². The quantitative estimate of drug-likeness (QED) is 0.601. The summed E-state index contributed by atoms with van der Waals surface area (Å²) in [4.78, 5) is 4.65. The largest absolute Gasteiger partial charge is 0.494 e. The molecule has 0 bridgehead atoms. The van der Waals surface area contributed by atoms with Gasteiger partial charge in [0, 0.05) is 5.69 Å². The number of nitrogens with zero attached hydrogens (tertiary/aromatic N) is 4. The Morgan fingerprint density at radius 2 is 1.88 bits per heavy atom. The molecule has 0 amide bonds. The normalized spacial score (nSPS) is 11.0. The number of benzene rings is 2. The second-order valence-electron chi connectivity index (χ2n) is 5.25. The maximum absolute atomic E-state index is 5.98. The van der Waals surface area contributed by atoms with E-state index < -0.39 is 0 Å². The van der Waals surface area contributed by atoms with Gasteiger partial charge in [-0.25, -0.2) is 4.98 Å². The third-order valence-corrected chi connectivity index (χ3v) is 3.68. The molecule has 2 aromatic heterocycles. The molecule has 0 saturated heterocycles. The number of nitrogen functional groups attached to an aromatic ring is 1. The maximum atomic E-state index is 5.98. The Hall–Kier alpha value is -3.35. The van der Waals surface area contributed by atoms with Crippen LogP contribution in [0, 0.1) is 0 Å². The van der Waals surface area contributed by atoms with Crippen LogP contribution in [-0.2, 0) is 0 Å². The Morgan fingerprint density at radius 3 is 2.67 bits per heavy atom. The highest BCUT2D eigenvalue weighted by molar-refractivity contribution is 5.85. The van der Waals surface area contributed by atoms with Crippen molar-refractivity contribution in [3.63, 3.8) is 0 Å². The van der Waals surface area contributed by atoms with Crippen molar-refractivity contribution in [1.29, 1.82) is 0 Å². The lowest BCUT2D eigenvalue weighted by Gasteiger charge is -2.10. The van der Waals surface area contributed by atoms with Crippen molar-refractivity contribution in [3.8, 4) is 5.75 Å². The highest BCUT2D eigenvalue weighted by Crippen LogP contribution is 2.26. The summed E-state index contributed by atoms with van der Waals surface area (Å²) in [5.74, 6) is 1.76. The average Bonchev–Trinajstić information content (AvgIpc) is 3.00. The van der Waals surface area contributed by atoms with Gasteiger partial charge >= 0.3 is 0 Å². The second-order valence-corrected chi connectivity index (χ2v) is 5.25. The van der Waals surface area contributed by atoms with Crippen LogP contribution in [0.3, 0.4) is 0 Å². The zero-order chi connectivity index (χ0) is 16.5. The lowest BCUT2D eigenvalue weighted by atomic mass is 10.3. The summed E-state index contributed by atoms with van der Waals surface area (Å²) < 4.78 is 7.25. The summed E-state index contributed by atoms with van der Waals surface area (Å²) in [5, 5.41) is 11.4. The van der Waals surface area contributed by atoms with Gasteiger partial charge in [0.2, 0.25) is 11.6 Å². The van der Waals surface area contributed by atoms with Gasteiger partial charge in [-0.1, -0.05) is 12.1 Å². The molecule has 0 unspecified atom stereocenters. The van der Waals surface area contributed by atoms with E-state index >= 15 is 0 Å². The van der Waals surface area contributed by atoms with Gasteiger partial charge in [0.25, 0.3) is 0 Å². The van der Waals surface area contributed by atoms with Crippen molar-refractivity contribution in [2.75, 3.05) is 17.7 Å². The molecule has 2 heterocycles. The van der Waals surface area contributed by atoms with Gasteiger partial charge in [-0.05, 0) is 43.3 Å². The molecule has 0 aliphatic carbocycles. The summed E-state index contributed by atoms with van der Waals surface area (Å²) in [6.07, 6.45) is 0. The van der Waals surface area contributed by atoms with Crippen LogP contribution in [-0.4, -0.2) is 26.2 Å². The topological polar surface area (TPSA) is 90.4 Å². The molecule has 2 aromatic carbocycles. The van der Waals surface area contributed by atoms with E-state index in [4.69, 9.17) is 10.5 Å². The number of aromatic nitrogens is 4. The van der Waals surface area contributed by atoms with Crippen LogP contribution in [0.25, 0.3) is 16.7 Å². The third kappa shape index (κ3) is 2.36. The van der Waals surface area contributed by atoms with Crippen LogP contribution < -0.4 is 15.8 Å². The van der Waals surface area contributed by atoms with Crippen LogP contribution in [0.15, 0.2) is 48.5 Å². The number of nitrogens with two attached hydrogens (primary N) is 1. The standard InChI is InChI=1S/C17H16N6O/c1-2-24-12-9-7-11(8-10-12)19-15-16-21-22-17(18)23(16)14-6-4-3-5-13(14)20-15/h3-10H,2H2,1H3,(H2,18,22)(H,19,20). The molecule has 0 saturated carbocycles. The first-order chi connectivity index (χ1) is 11.8. The lowest BCUT2D eigenvalue weighted by Crippen LogP contribution is -2.02. The Kier molecular flexibility index (Phi) is 3.38. The summed E-state index contributed by atoms with van der Waals surface area (Å²) in [6.45, 7) is 2.59. The van der Waals surface area contributed by atoms with Gasteiger partial charge in [0.1, 0.15) is 5.75 Å². The van der Waals surface area contributed by atoms with Crippen LogP contribution in [0.2, 0.25) is 0 Å². The summed E-state index contributed by atoms with van der Waals surface area (Å²) in [5.41, 5.74) is 9.12. The fourth-order valence-corrected chi connectivity index (χ4v) is 2.63. The minimum absolute atomic E-state index is 0.332. The van der Waals surface area contributed by atoms with E-state index in [0.717, 1.165) is 22.5 Å². The molecule has 4 aromatic rings. The molecule has 0 spiro atoms. The fraction of sp³-hybridized carbons (Fsp3) is 0.118. The van der Waals surface area contributed by atoms with E-state index in [1.807, 2.05) is 55.5 Å². The third-order valence-electron chi connectivity index (χ3n) is 3.68. The molecule has 0 radical (unpaired) electrons. The van der Waals surface area contributed by atoms with Crippen molar-refractivity contribution >= 4 is 34.1 Å². The summed E-state index contributed by atoms with van der Waals surface area (Å²) in [6, 6.07) is 15.4. The van der Waals surface area contributed by atoms with Gasteiger partial charge < -0.3 is 15.8 Å². The molecule has 7 heteroatoms. The molecular formula is C17H16N6O. The Morgan fingerprint density at radius 1 is 1.08 bits per heavy atom. The van der Waals surface area contributed by atoms with E-state index in [1.165, 1.54) is 0 Å². The minimum atomic E-state index is 0.332. The number of rotatable bonds is 4. The smallest absolute Gasteiger partial charge is 0.227 e. The second kappa shape index (κ2) is 5.69. The summed E-state index contributed by atoms with van der Waals surface area (Å²) in [7, 11) is 0. The van der Waals surface area contributed by atoms with E-state index in [1.54, 1.807) is 4.40 Å². The molecule has 7 nitrogen and oxygen atoms in total. The average molecular weight is 320 g/mol. The molecular weight excluding hydrogens is 304 g/mol. The van der Waals surface area contributed by atoms with Crippen LogP contribution >= 0.6 is 0 Å². The molecule has 0 fully saturated rings. The molecule has 4 rings (SSSR count). The number of ether oxygens (including phenoxy) is 1. The number of nitrogens with one attached hydrogen (secondary N) is 1. The number of para-hydroxylation sites is 2. The number of hydrogen-bond acceptors (Lipinski definition) is 6. The predicted octanol–water partition coefficient (Wildman–Crippen LogP) is 3.00. The first kappa shape index (κ1) is 14.3. The van der Waals surface area contributed by atoms with Crippen LogP contribution in [0.5, 0.6) is 5.75 Å². The number of hydrogen-bond donors (Lipinski definition) is 2. The Labute approximate surface area is 138 Å². The van der Waals surface area contributed by atoms with E-state index in [0.29, 0.717) is 24.0 Å². The van der Waals surface area contributed by atoms with Crippen molar-refractivity contribution in [2.24, 2.45) is 0 Å². The van der Waals surface area contributed by atoms with E-state index in [9.17, 15) is 0 Å². The highest BCUT2D eigenvalue weighted by atomic mass is 16.5. The van der Waals surface area contributed by atoms with Gasteiger partial charge in [0.15, 0.2) is 5.82 Å². The zero-order valence-electron chi connectivity index (χ0n) is 13.1. The van der Waals surface area contributed by atoms with Gasteiger partial charge in [-0.2, -0.15) is 0 Å². The molecule has 0 aliphatic heterocycles. The minimum Gasteiger partial charge on any atom is -0.494 e. The number of fused-ring (bicyclic) bond motifs is 3.